The van der Waals surface area contributed by atoms with Crippen molar-refractivity contribution in [1.29, 1.82) is 0 Å². The van der Waals surface area contributed by atoms with Gasteiger partial charge >= 0.3 is 0 Å². The molecule has 0 radical (unpaired) electrons. The first-order valence-electron chi connectivity index (χ1n) is 6.19. The molecule has 6 heteroatoms. The Hall–Kier alpha value is -1.14. The lowest BCUT2D eigenvalue weighted by Gasteiger charge is -2.13. The quantitative estimate of drug-likeness (QED) is 0.778. The number of allylic oxidation sites excluding steroid dienone is 5. The molecule has 0 unspecified atom stereocenters. The molecule has 0 bridgehead atoms. The highest BCUT2D eigenvalue weighted by atomic mass is 32.2. The van der Waals surface area contributed by atoms with Gasteiger partial charge in [0.25, 0.3) is 10.5 Å². The molecule has 1 rings (SSSR count). The van der Waals surface area contributed by atoms with Gasteiger partial charge in [0.05, 0.1) is 0 Å². The number of carbonyl (C=O) groups excluding carboxylic acids is 2. The molecule has 110 valence electrons. The van der Waals surface area contributed by atoms with Crippen molar-refractivity contribution in [3.8, 4) is 0 Å². The maximum atomic E-state index is 11.8. The highest BCUT2D eigenvalue weighted by molar-refractivity contribution is 8.17. The van der Waals surface area contributed by atoms with Crippen LogP contribution in [0.15, 0.2) is 34.1 Å². The van der Waals surface area contributed by atoms with E-state index in [4.69, 9.17) is 0 Å². The highest BCUT2D eigenvalue weighted by Crippen LogP contribution is 2.32. The van der Waals surface area contributed by atoms with Crippen LogP contribution < -0.4 is 0 Å². The Morgan fingerprint density at radius 2 is 1.55 bits per heavy atom. The molecular weight excluding hydrogens is 292 g/mol. The SMILES string of the molecule is C[C@@H]1C=CC(SC(=O)N(C)C)=CC=C1SC(=O)N(C)C. The van der Waals surface area contributed by atoms with E-state index in [2.05, 4.69) is 0 Å². The lowest BCUT2D eigenvalue weighted by molar-refractivity contribution is 0.240. The zero-order chi connectivity index (χ0) is 15.3. The molecule has 20 heavy (non-hydrogen) atoms. The maximum Gasteiger partial charge on any atom is 0.285 e. The van der Waals surface area contributed by atoms with Gasteiger partial charge < -0.3 is 9.80 Å². The van der Waals surface area contributed by atoms with Crippen molar-refractivity contribution in [2.45, 2.75) is 6.92 Å². The van der Waals surface area contributed by atoms with E-state index in [0.29, 0.717) is 0 Å². The van der Waals surface area contributed by atoms with Crippen LogP contribution in [0, 0.1) is 5.92 Å². The average molecular weight is 312 g/mol. The standard InChI is InChI=1S/C14H20N2O2S2/c1-10-6-7-11(19-13(17)15(2)3)8-9-12(10)20-14(18)16(4)5/h6-10H,1-5H3/t10-/m1/s1. The van der Waals surface area contributed by atoms with Crippen molar-refractivity contribution in [3.63, 3.8) is 0 Å². The summed E-state index contributed by atoms with van der Waals surface area (Å²) in [6.07, 6.45) is 7.75. The minimum absolute atomic E-state index is 0.00497. The normalized spacial score (nSPS) is 17.9. The highest BCUT2D eigenvalue weighted by Gasteiger charge is 2.16. The zero-order valence-electron chi connectivity index (χ0n) is 12.4. The van der Waals surface area contributed by atoms with Gasteiger partial charge in [0, 0.05) is 43.9 Å². The summed E-state index contributed by atoms with van der Waals surface area (Å²) < 4.78 is 0. The molecule has 0 aromatic carbocycles. The Morgan fingerprint density at radius 3 is 2.10 bits per heavy atom. The number of hydrogen-bond acceptors (Lipinski definition) is 4. The molecule has 0 aromatic rings. The van der Waals surface area contributed by atoms with Gasteiger partial charge in [0.2, 0.25) is 0 Å². The predicted octanol–water partition coefficient (Wildman–Crippen LogP) is 3.79. The van der Waals surface area contributed by atoms with Crippen molar-refractivity contribution in [2.75, 3.05) is 28.2 Å². The molecule has 1 aliphatic carbocycles. The van der Waals surface area contributed by atoms with Gasteiger partial charge in [0.15, 0.2) is 0 Å². The molecule has 1 atom stereocenters. The topological polar surface area (TPSA) is 40.6 Å². The fourth-order valence-electron chi connectivity index (χ4n) is 1.28. The first-order chi connectivity index (χ1) is 9.31. The molecular formula is C14H20N2O2S2. The fraction of sp³-hybridized carbons (Fsp3) is 0.429. The maximum absolute atomic E-state index is 11.8. The number of carbonyl (C=O) groups is 2. The second-order valence-corrected chi connectivity index (χ2v) is 6.86. The zero-order valence-corrected chi connectivity index (χ0v) is 14.0. The minimum Gasteiger partial charge on any atom is -0.339 e. The lowest BCUT2D eigenvalue weighted by Crippen LogP contribution is -2.17. The van der Waals surface area contributed by atoms with Gasteiger partial charge in [-0.05, 0) is 29.6 Å². The second kappa shape index (κ2) is 7.59. The molecule has 0 fully saturated rings. The van der Waals surface area contributed by atoms with E-state index in [-0.39, 0.29) is 16.4 Å². The molecule has 1 aliphatic rings. The third-order valence-electron chi connectivity index (χ3n) is 2.55. The van der Waals surface area contributed by atoms with Crippen molar-refractivity contribution in [3.05, 3.63) is 34.1 Å². The lowest BCUT2D eigenvalue weighted by atomic mass is 10.1. The van der Waals surface area contributed by atoms with Crippen LogP contribution in [0.25, 0.3) is 0 Å². The Bertz CT molecular complexity index is 480. The van der Waals surface area contributed by atoms with E-state index in [9.17, 15) is 9.59 Å². The van der Waals surface area contributed by atoms with Crippen LogP contribution in [-0.4, -0.2) is 48.5 Å². The molecule has 0 heterocycles. The van der Waals surface area contributed by atoms with Crippen LogP contribution >= 0.6 is 23.5 Å². The molecule has 0 N–H and O–H groups in total. The van der Waals surface area contributed by atoms with Gasteiger partial charge in [-0.1, -0.05) is 25.2 Å². The van der Waals surface area contributed by atoms with Crippen LogP contribution in [0.5, 0.6) is 0 Å². The summed E-state index contributed by atoms with van der Waals surface area (Å²) in [6, 6.07) is 0. The van der Waals surface area contributed by atoms with Gasteiger partial charge in [-0.3, -0.25) is 9.59 Å². The Balaban J connectivity index is 2.82. The smallest absolute Gasteiger partial charge is 0.285 e. The third-order valence-corrected chi connectivity index (χ3v) is 4.88. The van der Waals surface area contributed by atoms with Crippen molar-refractivity contribution >= 4 is 34.0 Å². The van der Waals surface area contributed by atoms with Gasteiger partial charge in [0.1, 0.15) is 0 Å². The Kier molecular flexibility index (Phi) is 6.42. The van der Waals surface area contributed by atoms with Crippen LogP contribution in [0.2, 0.25) is 0 Å². The molecule has 2 amide bonds. The summed E-state index contributed by atoms with van der Waals surface area (Å²) in [6.45, 7) is 2.04. The van der Waals surface area contributed by atoms with Crippen molar-refractivity contribution < 1.29 is 9.59 Å². The number of rotatable bonds is 2. The van der Waals surface area contributed by atoms with E-state index in [1.807, 2.05) is 31.2 Å². The summed E-state index contributed by atoms with van der Waals surface area (Å²) in [5.41, 5.74) is 0. The van der Waals surface area contributed by atoms with Crippen LogP contribution in [0.1, 0.15) is 6.92 Å². The summed E-state index contributed by atoms with van der Waals surface area (Å²) in [7, 11) is 6.93. The number of amides is 2. The van der Waals surface area contributed by atoms with Crippen LogP contribution in [0.4, 0.5) is 9.59 Å². The average Bonchev–Trinajstić information content (AvgIpc) is 2.53. The van der Waals surface area contributed by atoms with Crippen molar-refractivity contribution in [2.24, 2.45) is 5.92 Å². The number of nitrogens with zero attached hydrogens (tertiary/aromatic N) is 2. The Labute approximate surface area is 128 Å². The van der Waals surface area contributed by atoms with Gasteiger partial charge in [-0.2, -0.15) is 0 Å². The largest absolute Gasteiger partial charge is 0.339 e. The first kappa shape index (κ1) is 16.9. The molecule has 4 nitrogen and oxygen atoms in total. The Morgan fingerprint density at radius 1 is 1.00 bits per heavy atom. The van der Waals surface area contributed by atoms with Crippen LogP contribution in [-0.2, 0) is 0 Å². The first-order valence-corrected chi connectivity index (χ1v) is 7.83. The number of thioether (sulfide) groups is 2. The summed E-state index contributed by atoms with van der Waals surface area (Å²) in [5.74, 6) is 0.160. The van der Waals surface area contributed by atoms with E-state index in [1.54, 1.807) is 38.0 Å². The second-order valence-electron chi connectivity index (χ2n) is 4.81. The van der Waals surface area contributed by atoms with E-state index in [0.717, 1.165) is 9.81 Å². The molecule has 0 saturated heterocycles. The minimum atomic E-state index is -0.0116. The molecule has 0 saturated carbocycles. The van der Waals surface area contributed by atoms with E-state index >= 15 is 0 Å². The summed E-state index contributed by atoms with van der Waals surface area (Å²) >= 11 is 2.41. The summed E-state index contributed by atoms with van der Waals surface area (Å²) in [5, 5.41) is -0.00667. The monoisotopic (exact) mass is 312 g/mol. The van der Waals surface area contributed by atoms with E-state index < -0.39 is 0 Å². The summed E-state index contributed by atoms with van der Waals surface area (Å²) in [4.78, 5) is 28.4. The predicted molar refractivity (Wildman–Crippen MR) is 87.8 cm³/mol. The fourth-order valence-corrected chi connectivity index (χ4v) is 2.74. The molecule has 0 spiro atoms. The van der Waals surface area contributed by atoms with Crippen molar-refractivity contribution in [1.82, 2.24) is 9.80 Å². The molecule has 0 aliphatic heterocycles. The third kappa shape index (κ3) is 5.09. The molecule has 0 aromatic heterocycles. The van der Waals surface area contributed by atoms with Crippen LogP contribution in [0.3, 0.4) is 0 Å². The van der Waals surface area contributed by atoms with E-state index in [1.165, 1.54) is 23.5 Å². The van der Waals surface area contributed by atoms with Gasteiger partial charge in [-0.25, -0.2) is 0 Å². The van der Waals surface area contributed by atoms with Gasteiger partial charge in [-0.15, -0.1) is 0 Å². The number of hydrogen-bond donors (Lipinski definition) is 0.